The van der Waals surface area contributed by atoms with E-state index in [1.807, 2.05) is 11.8 Å². The van der Waals surface area contributed by atoms with E-state index in [0.29, 0.717) is 12.3 Å². The molecule has 1 aliphatic carbocycles. The zero-order valence-electron chi connectivity index (χ0n) is 11.1. The Morgan fingerprint density at radius 2 is 2.28 bits per heavy atom. The van der Waals surface area contributed by atoms with E-state index in [1.165, 1.54) is 0 Å². The third-order valence-corrected chi connectivity index (χ3v) is 5.42. The summed E-state index contributed by atoms with van der Waals surface area (Å²) in [5.41, 5.74) is 0. The summed E-state index contributed by atoms with van der Waals surface area (Å²) in [6.45, 7) is 2.43. The van der Waals surface area contributed by atoms with Gasteiger partial charge in [0.1, 0.15) is 0 Å². The molecule has 0 aromatic carbocycles. The van der Waals surface area contributed by atoms with Crippen molar-refractivity contribution in [1.82, 2.24) is 5.32 Å². The normalized spacial score (nSPS) is 26.2. The molecule has 0 aromatic heterocycles. The van der Waals surface area contributed by atoms with Crippen LogP contribution in [0.4, 0.5) is 0 Å². The average molecular weight is 269 g/mol. The zero-order chi connectivity index (χ0) is 12.8. The molecule has 2 aliphatic rings. The van der Waals surface area contributed by atoms with Crippen molar-refractivity contribution in [2.45, 2.75) is 36.9 Å². The van der Waals surface area contributed by atoms with Crippen LogP contribution in [0.1, 0.15) is 32.1 Å². The largest absolute Gasteiger partial charge is 0.381 e. The van der Waals surface area contributed by atoms with Gasteiger partial charge in [-0.05, 0) is 37.9 Å². The van der Waals surface area contributed by atoms with Crippen LogP contribution in [-0.4, -0.2) is 36.7 Å². The number of nitrogens with one attached hydrogen (secondary N) is 1. The van der Waals surface area contributed by atoms with E-state index in [9.17, 15) is 4.79 Å². The van der Waals surface area contributed by atoms with Gasteiger partial charge in [-0.3, -0.25) is 4.79 Å². The second-order valence-corrected chi connectivity index (χ2v) is 6.52. The molecule has 1 amide bonds. The van der Waals surface area contributed by atoms with E-state index in [4.69, 9.17) is 4.74 Å². The summed E-state index contributed by atoms with van der Waals surface area (Å²) >= 11 is 1.87. The molecule has 0 spiro atoms. The third kappa shape index (κ3) is 3.75. The van der Waals surface area contributed by atoms with Crippen molar-refractivity contribution < 1.29 is 9.53 Å². The van der Waals surface area contributed by atoms with E-state index in [2.05, 4.69) is 23.7 Å². The Morgan fingerprint density at radius 1 is 1.50 bits per heavy atom. The first-order chi connectivity index (χ1) is 8.74. The summed E-state index contributed by atoms with van der Waals surface area (Å²) in [7, 11) is 0. The van der Waals surface area contributed by atoms with Gasteiger partial charge in [-0.25, -0.2) is 0 Å². The van der Waals surface area contributed by atoms with Gasteiger partial charge in [-0.2, -0.15) is 11.8 Å². The lowest BCUT2D eigenvalue weighted by atomic mass is 9.98. The highest BCUT2D eigenvalue weighted by atomic mass is 32.2. The van der Waals surface area contributed by atoms with Crippen molar-refractivity contribution in [3.05, 3.63) is 12.2 Å². The van der Waals surface area contributed by atoms with Crippen molar-refractivity contribution in [2.24, 2.45) is 5.92 Å². The average Bonchev–Trinajstić information content (AvgIpc) is 2.90. The van der Waals surface area contributed by atoms with Gasteiger partial charge in [-0.15, -0.1) is 0 Å². The number of thioether (sulfide) groups is 1. The first kappa shape index (κ1) is 13.9. The summed E-state index contributed by atoms with van der Waals surface area (Å²) in [6, 6.07) is 0. The maximum Gasteiger partial charge on any atom is 0.220 e. The lowest BCUT2D eigenvalue weighted by Gasteiger charge is -2.35. The fourth-order valence-corrected chi connectivity index (χ4v) is 3.42. The molecule has 102 valence electrons. The molecule has 0 unspecified atom stereocenters. The molecule has 0 aromatic rings. The second-order valence-electron chi connectivity index (χ2n) is 5.25. The molecular weight excluding hydrogens is 246 g/mol. The van der Waals surface area contributed by atoms with Gasteiger partial charge in [0.25, 0.3) is 0 Å². The molecule has 1 atom stereocenters. The topological polar surface area (TPSA) is 38.3 Å². The second kappa shape index (κ2) is 6.62. The minimum absolute atomic E-state index is 0.194. The Balaban J connectivity index is 1.74. The highest BCUT2D eigenvalue weighted by Crippen LogP contribution is 2.33. The van der Waals surface area contributed by atoms with E-state index in [-0.39, 0.29) is 10.7 Å². The number of allylic oxidation sites excluding steroid dienone is 2. The highest BCUT2D eigenvalue weighted by molar-refractivity contribution is 8.00. The van der Waals surface area contributed by atoms with Crippen LogP contribution in [-0.2, 0) is 9.53 Å². The van der Waals surface area contributed by atoms with Gasteiger partial charge in [0.2, 0.25) is 5.91 Å². The lowest BCUT2D eigenvalue weighted by molar-refractivity contribution is -0.121. The summed E-state index contributed by atoms with van der Waals surface area (Å²) < 4.78 is 5.60. The first-order valence-corrected chi connectivity index (χ1v) is 8.03. The van der Waals surface area contributed by atoms with E-state index in [1.54, 1.807) is 0 Å². The number of hydrogen-bond acceptors (Lipinski definition) is 3. The third-order valence-electron chi connectivity index (χ3n) is 4.00. The van der Waals surface area contributed by atoms with E-state index < -0.39 is 0 Å². The Morgan fingerprint density at radius 3 is 2.89 bits per heavy atom. The van der Waals surface area contributed by atoms with Crippen LogP contribution in [0, 0.1) is 5.92 Å². The smallest absolute Gasteiger partial charge is 0.220 e. The number of carbonyl (C=O) groups is 1. The van der Waals surface area contributed by atoms with Crippen LogP contribution >= 0.6 is 11.8 Å². The van der Waals surface area contributed by atoms with Crippen LogP contribution in [0.15, 0.2) is 12.2 Å². The quantitative estimate of drug-likeness (QED) is 0.779. The number of ether oxygens (including phenoxy) is 1. The van der Waals surface area contributed by atoms with Gasteiger partial charge in [0.05, 0.1) is 0 Å². The number of amides is 1. The molecule has 0 saturated carbocycles. The summed E-state index contributed by atoms with van der Waals surface area (Å²) in [4.78, 5) is 11.9. The number of carbonyl (C=O) groups excluding carboxylic acids is 1. The maximum atomic E-state index is 11.9. The first-order valence-electron chi connectivity index (χ1n) is 6.80. The fourth-order valence-electron chi connectivity index (χ4n) is 2.63. The van der Waals surface area contributed by atoms with Gasteiger partial charge in [0, 0.05) is 30.9 Å². The molecule has 2 rings (SSSR count). The summed E-state index contributed by atoms with van der Waals surface area (Å²) in [6.07, 6.45) is 11.5. The van der Waals surface area contributed by atoms with Gasteiger partial charge in [0.15, 0.2) is 0 Å². The molecule has 0 bridgehead atoms. The van der Waals surface area contributed by atoms with E-state index in [0.717, 1.165) is 45.4 Å². The number of rotatable bonds is 5. The van der Waals surface area contributed by atoms with Crippen molar-refractivity contribution in [3.63, 3.8) is 0 Å². The summed E-state index contributed by atoms with van der Waals surface area (Å²) in [5.74, 6) is 0.663. The molecule has 1 N–H and O–H groups in total. The Kier molecular flexibility index (Phi) is 5.13. The summed E-state index contributed by atoms with van der Waals surface area (Å²) in [5, 5.41) is 3.12. The monoisotopic (exact) mass is 269 g/mol. The van der Waals surface area contributed by atoms with Crippen LogP contribution in [0.2, 0.25) is 0 Å². The molecule has 1 heterocycles. The molecular formula is C14H23NO2S. The Hall–Kier alpha value is -0.480. The van der Waals surface area contributed by atoms with Crippen molar-refractivity contribution in [2.75, 3.05) is 26.0 Å². The van der Waals surface area contributed by atoms with Crippen molar-refractivity contribution in [1.29, 1.82) is 0 Å². The van der Waals surface area contributed by atoms with Crippen LogP contribution in [0.3, 0.4) is 0 Å². The minimum atomic E-state index is 0.194. The van der Waals surface area contributed by atoms with Crippen LogP contribution < -0.4 is 5.32 Å². The molecule has 1 fully saturated rings. The lowest BCUT2D eigenvalue weighted by Crippen LogP contribution is -2.44. The molecule has 4 heteroatoms. The van der Waals surface area contributed by atoms with Crippen molar-refractivity contribution in [3.8, 4) is 0 Å². The number of hydrogen-bond donors (Lipinski definition) is 1. The molecule has 0 radical (unpaired) electrons. The van der Waals surface area contributed by atoms with Gasteiger partial charge in [-0.1, -0.05) is 12.2 Å². The Labute approximate surface area is 114 Å². The molecule has 3 nitrogen and oxygen atoms in total. The highest BCUT2D eigenvalue weighted by Gasteiger charge is 2.32. The zero-order valence-corrected chi connectivity index (χ0v) is 11.9. The van der Waals surface area contributed by atoms with Crippen LogP contribution in [0.25, 0.3) is 0 Å². The standard InChI is InChI=1S/C14H23NO2S/c1-18-14(6-8-17-9-7-14)11-15-13(16)10-12-4-2-3-5-12/h2,4,12H,3,5-11H2,1H3,(H,15,16)/t12-/m1/s1. The maximum absolute atomic E-state index is 11.9. The van der Waals surface area contributed by atoms with E-state index >= 15 is 0 Å². The van der Waals surface area contributed by atoms with Gasteiger partial charge < -0.3 is 10.1 Å². The predicted octanol–water partition coefficient (Wildman–Crippen LogP) is 2.37. The SMILES string of the molecule is CSC1(CNC(=O)C[C@@H]2C=CCC2)CCOCC1. The molecule has 1 saturated heterocycles. The Bertz CT molecular complexity index is 311. The predicted molar refractivity (Wildman–Crippen MR) is 75.8 cm³/mol. The van der Waals surface area contributed by atoms with Crippen LogP contribution in [0.5, 0.6) is 0 Å². The molecule has 1 aliphatic heterocycles. The fraction of sp³-hybridized carbons (Fsp3) is 0.786. The molecule has 18 heavy (non-hydrogen) atoms. The van der Waals surface area contributed by atoms with Crippen molar-refractivity contribution >= 4 is 17.7 Å². The van der Waals surface area contributed by atoms with Gasteiger partial charge >= 0.3 is 0 Å². The minimum Gasteiger partial charge on any atom is -0.381 e.